The van der Waals surface area contributed by atoms with Gasteiger partial charge >= 0.3 is 6.09 Å². The van der Waals surface area contributed by atoms with Gasteiger partial charge in [0.2, 0.25) is 0 Å². The number of likely N-dealkylation sites (tertiary alicyclic amines) is 1. The van der Waals surface area contributed by atoms with Crippen LogP contribution in [-0.4, -0.2) is 62.4 Å². The summed E-state index contributed by atoms with van der Waals surface area (Å²) in [4.78, 5) is 20.7. The average Bonchev–Trinajstić information content (AvgIpc) is 3.26. The molecule has 4 heterocycles. The van der Waals surface area contributed by atoms with Crippen molar-refractivity contribution in [3.8, 4) is 11.4 Å². The lowest BCUT2D eigenvalue weighted by atomic mass is 9.84. The fourth-order valence-corrected chi connectivity index (χ4v) is 4.91. The number of ether oxygens (including phenoxy) is 1. The van der Waals surface area contributed by atoms with E-state index in [1.807, 2.05) is 18.2 Å². The number of methoxy groups -OCH3 is 1. The Bertz CT molecular complexity index is 1110. The first-order valence-electron chi connectivity index (χ1n) is 10.7. The third-order valence-electron chi connectivity index (χ3n) is 6.46. The van der Waals surface area contributed by atoms with E-state index in [9.17, 15) is 9.18 Å². The molecule has 0 aliphatic carbocycles. The van der Waals surface area contributed by atoms with Gasteiger partial charge in [0.15, 0.2) is 11.6 Å². The number of pyridine rings is 1. The van der Waals surface area contributed by atoms with Gasteiger partial charge < -0.3 is 9.30 Å². The summed E-state index contributed by atoms with van der Waals surface area (Å²) in [7, 11) is 1.40. The second kappa shape index (κ2) is 8.31. The Morgan fingerprint density at radius 3 is 2.75 bits per heavy atom. The van der Waals surface area contributed by atoms with Gasteiger partial charge in [0.25, 0.3) is 0 Å². The maximum absolute atomic E-state index is 13.6. The summed E-state index contributed by atoms with van der Waals surface area (Å²) in [6.45, 7) is 3.21. The Labute approximate surface area is 185 Å². The van der Waals surface area contributed by atoms with Crippen molar-refractivity contribution in [1.29, 1.82) is 0 Å². The maximum atomic E-state index is 13.6. The first-order chi connectivity index (χ1) is 15.6. The molecule has 5 rings (SSSR count). The minimum Gasteiger partial charge on any atom is -0.453 e. The SMILES string of the molecule is COC(=O)N1Cc2nnc(-c3cccnc3)n2C2(CCN(Cc3cccc(F)c3)CC2)C1. The summed E-state index contributed by atoms with van der Waals surface area (Å²) >= 11 is 0. The predicted molar refractivity (Wildman–Crippen MR) is 115 cm³/mol. The van der Waals surface area contributed by atoms with Gasteiger partial charge in [-0.2, -0.15) is 0 Å². The Balaban J connectivity index is 1.45. The second-order valence-corrected chi connectivity index (χ2v) is 8.47. The molecular formula is C23H25FN6O2. The van der Waals surface area contributed by atoms with Crippen LogP contribution >= 0.6 is 0 Å². The molecule has 0 radical (unpaired) electrons. The molecule has 166 valence electrons. The Morgan fingerprint density at radius 2 is 2.03 bits per heavy atom. The molecule has 0 bridgehead atoms. The summed E-state index contributed by atoms with van der Waals surface area (Å²) in [6.07, 6.45) is 4.79. The molecule has 0 saturated carbocycles. The fourth-order valence-electron chi connectivity index (χ4n) is 4.91. The number of hydrogen-bond acceptors (Lipinski definition) is 6. The van der Waals surface area contributed by atoms with Crippen molar-refractivity contribution in [2.75, 3.05) is 26.7 Å². The van der Waals surface area contributed by atoms with Crippen molar-refractivity contribution in [2.45, 2.75) is 31.5 Å². The zero-order chi connectivity index (χ0) is 22.1. The van der Waals surface area contributed by atoms with Gasteiger partial charge in [-0.05, 0) is 42.7 Å². The number of hydrogen-bond donors (Lipinski definition) is 0. The first-order valence-corrected chi connectivity index (χ1v) is 10.7. The van der Waals surface area contributed by atoms with Crippen LogP contribution in [0.3, 0.4) is 0 Å². The number of piperidine rings is 1. The number of rotatable bonds is 3. The number of benzene rings is 1. The molecule has 0 unspecified atom stereocenters. The van der Waals surface area contributed by atoms with E-state index in [-0.39, 0.29) is 17.4 Å². The van der Waals surface area contributed by atoms with E-state index >= 15 is 0 Å². The molecule has 8 nitrogen and oxygen atoms in total. The lowest BCUT2D eigenvalue weighted by Crippen LogP contribution is -2.57. The van der Waals surface area contributed by atoms with Crippen molar-refractivity contribution < 1.29 is 13.9 Å². The molecule has 1 fully saturated rings. The van der Waals surface area contributed by atoms with Gasteiger partial charge in [0.05, 0.1) is 19.2 Å². The molecular weight excluding hydrogens is 411 g/mol. The van der Waals surface area contributed by atoms with Gasteiger partial charge in [0.1, 0.15) is 5.82 Å². The van der Waals surface area contributed by atoms with Crippen molar-refractivity contribution >= 4 is 6.09 Å². The number of fused-ring (bicyclic) bond motifs is 2. The van der Waals surface area contributed by atoms with Crippen LogP contribution < -0.4 is 0 Å². The minimum absolute atomic E-state index is 0.216. The minimum atomic E-state index is -0.358. The van der Waals surface area contributed by atoms with Crippen LogP contribution in [0.2, 0.25) is 0 Å². The molecule has 2 aliphatic rings. The lowest BCUT2D eigenvalue weighted by molar-refractivity contribution is 0.0341. The highest BCUT2D eigenvalue weighted by Crippen LogP contribution is 2.39. The molecule has 2 aliphatic heterocycles. The highest BCUT2D eigenvalue weighted by Gasteiger charge is 2.45. The van der Waals surface area contributed by atoms with Gasteiger partial charge in [0, 0.05) is 44.1 Å². The monoisotopic (exact) mass is 436 g/mol. The Morgan fingerprint density at radius 1 is 1.19 bits per heavy atom. The van der Waals surface area contributed by atoms with Crippen molar-refractivity contribution in [3.63, 3.8) is 0 Å². The molecule has 32 heavy (non-hydrogen) atoms. The zero-order valence-corrected chi connectivity index (χ0v) is 17.9. The molecule has 1 saturated heterocycles. The Kier molecular flexibility index (Phi) is 5.34. The topological polar surface area (TPSA) is 76.4 Å². The van der Waals surface area contributed by atoms with Crippen LogP contribution in [0, 0.1) is 5.82 Å². The fraction of sp³-hybridized carbons (Fsp3) is 0.391. The molecule has 1 aromatic carbocycles. The lowest BCUT2D eigenvalue weighted by Gasteiger charge is -2.48. The van der Waals surface area contributed by atoms with E-state index in [2.05, 4.69) is 24.6 Å². The number of aromatic nitrogens is 4. The molecule has 0 N–H and O–H groups in total. The number of nitrogens with zero attached hydrogens (tertiary/aromatic N) is 6. The summed E-state index contributed by atoms with van der Waals surface area (Å²) in [5.74, 6) is 1.31. The van der Waals surface area contributed by atoms with Crippen molar-refractivity contribution in [2.24, 2.45) is 0 Å². The van der Waals surface area contributed by atoms with Gasteiger partial charge in [-0.25, -0.2) is 9.18 Å². The van der Waals surface area contributed by atoms with Crippen LogP contribution in [-0.2, 0) is 23.4 Å². The van der Waals surface area contributed by atoms with Crippen LogP contribution in [0.5, 0.6) is 0 Å². The van der Waals surface area contributed by atoms with Crippen LogP contribution in [0.25, 0.3) is 11.4 Å². The van der Waals surface area contributed by atoms with Crippen LogP contribution in [0.4, 0.5) is 9.18 Å². The molecule has 1 amide bonds. The second-order valence-electron chi connectivity index (χ2n) is 8.47. The smallest absolute Gasteiger partial charge is 0.409 e. The quantitative estimate of drug-likeness (QED) is 0.628. The molecule has 2 aromatic heterocycles. The van der Waals surface area contributed by atoms with Crippen molar-refractivity contribution in [1.82, 2.24) is 29.5 Å². The van der Waals surface area contributed by atoms with Crippen LogP contribution in [0.1, 0.15) is 24.2 Å². The number of amides is 1. The first kappa shape index (κ1) is 20.6. The predicted octanol–water partition coefficient (Wildman–Crippen LogP) is 3.05. The van der Waals surface area contributed by atoms with E-state index < -0.39 is 0 Å². The van der Waals surface area contributed by atoms with Gasteiger partial charge in [-0.15, -0.1) is 10.2 Å². The standard InChI is InChI=1S/C23H25FN6O2/c1-32-22(31)29-15-20-26-27-21(18-5-3-9-25-13-18)30(20)23(16-29)7-10-28(11-8-23)14-17-4-2-6-19(24)12-17/h2-6,9,12-13H,7-8,10-11,14-16H2,1H3. The Hall–Kier alpha value is -3.33. The van der Waals surface area contributed by atoms with E-state index in [1.165, 1.54) is 13.2 Å². The maximum Gasteiger partial charge on any atom is 0.409 e. The third-order valence-corrected chi connectivity index (χ3v) is 6.46. The van der Waals surface area contributed by atoms with Gasteiger partial charge in [-0.1, -0.05) is 12.1 Å². The summed E-state index contributed by atoms with van der Waals surface area (Å²) < 4.78 is 20.8. The zero-order valence-electron chi connectivity index (χ0n) is 17.9. The third kappa shape index (κ3) is 3.73. The molecule has 9 heteroatoms. The molecule has 3 aromatic rings. The van der Waals surface area contributed by atoms with E-state index in [1.54, 1.807) is 29.4 Å². The highest BCUT2D eigenvalue weighted by atomic mass is 19.1. The normalized spacial score (nSPS) is 17.9. The summed E-state index contributed by atoms with van der Waals surface area (Å²) in [6, 6.07) is 10.6. The largest absolute Gasteiger partial charge is 0.453 e. The number of carbonyl (C=O) groups excluding carboxylic acids is 1. The average molecular weight is 436 g/mol. The van der Waals surface area contributed by atoms with Gasteiger partial charge in [-0.3, -0.25) is 14.8 Å². The molecule has 0 atom stereocenters. The highest BCUT2D eigenvalue weighted by molar-refractivity contribution is 5.68. The van der Waals surface area contributed by atoms with E-state index in [0.29, 0.717) is 19.6 Å². The van der Waals surface area contributed by atoms with Crippen LogP contribution in [0.15, 0.2) is 48.8 Å². The number of halogens is 1. The summed E-state index contributed by atoms with van der Waals surface area (Å²) in [5.41, 5.74) is 1.52. The van der Waals surface area contributed by atoms with E-state index in [0.717, 1.165) is 48.7 Å². The number of carbonyl (C=O) groups is 1. The van der Waals surface area contributed by atoms with E-state index in [4.69, 9.17) is 4.74 Å². The van der Waals surface area contributed by atoms with Crippen molar-refractivity contribution in [3.05, 3.63) is 66.0 Å². The summed E-state index contributed by atoms with van der Waals surface area (Å²) in [5, 5.41) is 8.90. The molecule has 1 spiro atoms.